The summed E-state index contributed by atoms with van der Waals surface area (Å²) in [4.78, 5) is 6.77. The second-order valence-electron chi connectivity index (χ2n) is 5.22. The third kappa shape index (κ3) is 1.99. The molecule has 0 unspecified atom stereocenters. The van der Waals surface area contributed by atoms with E-state index in [0.29, 0.717) is 0 Å². The van der Waals surface area contributed by atoms with Crippen LogP contribution in [0.3, 0.4) is 0 Å². The van der Waals surface area contributed by atoms with Crippen LogP contribution < -0.4 is 0 Å². The van der Waals surface area contributed by atoms with E-state index in [-0.39, 0.29) is 0 Å². The van der Waals surface area contributed by atoms with Crippen molar-refractivity contribution in [2.75, 3.05) is 13.1 Å². The predicted octanol–water partition coefficient (Wildman–Crippen LogP) is 2.81. The highest BCUT2D eigenvalue weighted by Crippen LogP contribution is 2.33. The summed E-state index contributed by atoms with van der Waals surface area (Å²) in [6, 6.07) is 5.23. The summed E-state index contributed by atoms with van der Waals surface area (Å²) in [5.74, 6) is 0.768. The number of likely N-dealkylation sites (tertiary alicyclic amines) is 1. The van der Waals surface area contributed by atoms with E-state index < -0.39 is 0 Å². The van der Waals surface area contributed by atoms with Gasteiger partial charge in [0.05, 0.1) is 0 Å². The van der Waals surface area contributed by atoms with Gasteiger partial charge in [-0.15, -0.1) is 0 Å². The summed E-state index contributed by atoms with van der Waals surface area (Å²) in [6.07, 6.45) is 11.0. The molecule has 1 aliphatic heterocycles. The van der Waals surface area contributed by atoms with Crippen molar-refractivity contribution in [1.82, 2.24) is 9.88 Å². The molecule has 0 atom stereocenters. The molecule has 1 aromatic heterocycles. The fourth-order valence-electron chi connectivity index (χ4n) is 3.10. The minimum absolute atomic E-state index is 0.768. The highest BCUT2D eigenvalue weighted by molar-refractivity contribution is 5.20. The van der Waals surface area contributed by atoms with Gasteiger partial charge in [-0.1, -0.05) is 19.3 Å². The highest BCUT2D eigenvalue weighted by atomic mass is 15.2. The van der Waals surface area contributed by atoms with Crippen LogP contribution in [0, 0.1) is 0 Å². The van der Waals surface area contributed by atoms with Crippen molar-refractivity contribution in [2.24, 2.45) is 0 Å². The first-order valence-corrected chi connectivity index (χ1v) is 6.57. The fourth-order valence-corrected chi connectivity index (χ4v) is 3.10. The van der Waals surface area contributed by atoms with Gasteiger partial charge < -0.3 is 0 Å². The van der Waals surface area contributed by atoms with E-state index in [1.807, 2.05) is 12.4 Å². The Labute approximate surface area is 97.7 Å². The lowest BCUT2D eigenvalue weighted by Gasteiger charge is -2.46. The molecule has 0 radical (unpaired) electrons. The largest absolute Gasteiger partial charge is 0.299 e. The summed E-state index contributed by atoms with van der Waals surface area (Å²) in [5, 5.41) is 0. The van der Waals surface area contributed by atoms with Crippen LogP contribution in [-0.2, 0) is 0 Å². The molecule has 2 nitrogen and oxygen atoms in total. The number of pyridine rings is 1. The van der Waals surface area contributed by atoms with Crippen molar-refractivity contribution in [3.05, 3.63) is 30.1 Å². The summed E-state index contributed by atoms with van der Waals surface area (Å²) in [6.45, 7) is 2.54. The Morgan fingerprint density at radius 3 is 2.38 bits per heavy atom. The third-order valence-electron chi connectivity index (χ3n) is 4.18. The van der Waals surface area contributed by atoms with Crippen LogP contribution in [0.2, 0.25) is 0 Å². The number of hydrogen-bond donors (Lipinski definition) is 0. The zero-order valence-corrected chi connectivity index (χ0v) is 9.81. The van der Waals surface area contributed by atoms with Crippen LogP contribution in [0.5, 0.6) is 0 Å². The van der Waals surface area contributed by atoms with Crippen molar-refractivity contribution in [1.29, 1.82) is 0 Å². The monoisotopic (exact) mass is 216 g/mol. The van der Waals surface area contributed by atoms with Gasteiger partial charge in [0.25, 0.3) is 0 Å². The van der Waals surface area contributed by atoms with E-state index in [4.69, 9.17) is 0 Å². The third-order valence-corrected chi connectivity index (χ3v) is 4.18. The molecule has 1 aliphatic carbocycles. The minimum Gasteiger partial charge on any atom is -0.299 e. The van der Waals surface area contributed by atoms with Gasteiger partial charge in [-0.2, -0.15) is 0 Å². The second kappa shape index (κ2) is 4.54. The van der Waals surface area contributed by atoms with Crippen molar-refractivity contribution >= 4 is 0 Å². The Morgan fingerprint density at radius 2 is 1.69 bits per heavy atom. The van der Waals surface area contributed by atoms with E-state index >= 15 is 0 Å². The van der Waals surface area contributed by atoms with Gasteiger partial charge in [-0.25, -0.2) is 0 Å². The molecule has 2 aliphatic rings. The molecule has 2 fully saturated rings. The standard InChI is InChI=1S/C14H20N2/c1-2-4-14(5-3-1)16-10-13(11-16)12-6-8-15-9-7-12/h6-9,13-14H,1-5,10-11H2. The smallest absolute Gasteiger partial charge is 0.0270 e. The van der Waals surface area contributed by atoms with E-state index in [9.17, 15) is 0 Å². The quantitative estimate of drug-likeness (QED) is 0.755. The highest BCUT2D eigenvalue weighted by Gasteiger charge is 2.33. The number of aromatic nitrogens is 1. The Morgan fingerprint density at radius 1 is 1.00 bits per heavy atom. The maximum atomic E-state index is 4.08. The molecule has 2 heterocycles. The first-order chi connectivity index (χ1) is 7.93. The summed E-state index contributed by atoms with van der Waals surface area (Å²) in [5.41, 5.74) is 1.47. The van der Waals surface area contributed by atoms with Gasteiger partial charge in [0.1, 0.15) is 0 Å². The SMILES string of the molecule is c1cc(C2CN(C3CCCCC3)C2)ccn1. The fraction of sp³-hybridized carbons (Fsp3) is 0.643. The maximum Gasteiger partial charge on any atom is 0.0270 e. The van der Waals surface area contributed by atoms with Crippen LogP contribution in [0.15, 0.2) is 24.5 Å². The molecular weight excluding hydrogens is 196 g/mol. The molecule has 1 saturated heterocycles. The summed E-state index contributed by atoms with van der Waals surface area (Å²) in [7, 11) is 0. The number of hydrogen-bond acceptors (Lipinski definition) is 2. The molecule has 3 rings (SSSR count). The normalized spacial score (nSPS) is 24.2. The topological polar surface area (TPSA) is 16.1 Å². The summed E-state index contributed by atoms with van der Waals surface area (Å²) < 4.78 is 0. The van der Waals surface area contributed by atoms with E-state index in [1.54, 1.807) is 0 Å². The van der Waals surface area contributed by atoms with Gasteiger partial charge in [0.2, 0.25) is 0 Å². The average molecular weight is 216 g/mol. The van der Waals surface area contributed by atoms with Gasteiger partial charge in [-0.05, 0) is 30.5 Å². The van der Waals surface area contributed by atoms with E-state index in [1.165, 1.54) is 50.8 Å². The molecule has 1 saturated carbocycles. The molecule has 0 bridgehead atoms. The molecule has 1 aromatic rings. The molecule has 16 heavy (non-hydrogen) atoms. The minimum atomic E-state index is 0.768. The zero-order valence-electron chi connectivity index (χ0n) is 9.81. The Balaban J connectivity index is 1.54. The molecule has 0 spiro atoms. The molecule has 2 heteroatoms. The van der Waals surface area contributed by atoms with Crippen LogP contribution in [0.4, 0.5) is 0 Å². The Hall–Kier alpha value is -0.890. The van der Waals surface area contributed by atoms with E-state index in [0.717, 1.165) is 12.0 Å². The lowest BCUT2D eigenvalue weighted by atomic mass is 9.86. The van der Waals surface area contributed by atoms with Gasteiger partial charge in [-0.3, -0.25) is 9.88 Å². The van der Waals surface area contributed by atoms with Gasteiger partial charge in [0.15, 0.2) is 0 Å². The van der Waals surface area contributed by atoms with Crippen LogP contribution >= 0.6 is 0 Å². The van der Waals surface area contributed by atoms with Crippen molar-refractivity contribution in [2.45, 2.75) is 44.1 Å². The maximum absolute atomic E-state index is 4.08. The first-order valence-electron chi connectivity index (χ1n) is 6.57. The summed E-state index contributed by atoms with van der Waals surface area (Å²) >= 11 is 0. The van der Waals surface area contributed by atoms with Gasteiger partial charge in [0, 0.05) is 37.4 Å². The lowest BCUT2D eigenvalue weighted by molar-refractivity contribution is 0.0690. The molecule has 0 aromatic carbocycles. The molecule has 0 amide bonds. The zero-order chi connectivity index (χ0) is 10.8. The molecule has 86 valence electrons. The second-order valence-corrected chi connectivity index (χ2v) is 5.22. The Bertz CT molecular complexity index is 324. The van der Waals surface area contributed by atoms with Crippen LogP contribution in [0.25, 0.3) is 0 Å². The van der Waals surface area contributed by atoms with Crippen LogP contribution in [0.1, 0.15) is 43.6 Å². The Kier molecular flexibility index (Phi) is 2.92. The van der Waals surface area contributed by atoms with Crippen molar-refractivity contribution in [3.8, 4) is 0 Å². The molecule has 0 N–H and O–H groups in total. The van der Waals surface area contributed by atoms with Gasteiger partial charge >= 0.3 is 0 Å². The van der Waals surface area contributed by atoms with E-state index in [2.05, 4.69) is 22.0 Å². The number of rotatable bonds is 2. The van der Waals surface area contributed by atoms with Crippen LogP contribution in [-0.4, -0.2) is 29.0 Å². The average Bonchev–Trinajstić information content (AvgIpc) is 2.30. The lowest BCUT2D eigenvalue weighted by Crippen LogP contribution is -2.51. The predicted molar refractivity (Wildman–Crippen MR) is 65.4 cm³/mol. The van der Waals surface area contributed by atoms with Crippen molar-refractivity contribution < 1.29 is 0 Å². The number of nitrogens with zero attached hydrogens (tertiary/aromatic N) is 2. The van der Waals surface area contributed by atoms with Crippen molar-refractivity contribution in [3.63, 3.8) is 0 Å². The first kappa shape index (κ1) is 10.3. The molecular formula is C14H20N2.